The van der Waals surface area contributed by atoms with E-state index in [1.54, 1.807) is 20.1 Å². The van der Waals surface area contributed by atoms with Crippen LogP contribution in [0, 0.1) is 6.92 Å². The van der Waals surface area contributed by atoms with E-state index in [9.17, 15) is 4.79 Å². The van der Waals surface area contributed by atoms with Gasteiger partial charge in [0.15, 0.2) is 17.2 Å². The molecule has 1 amide bonds. The Morgan fingerprint density at radius 3 is 2.58 bits per heavy atom. The van der Waals surface area contributed by atoms with Crippen molar-refractivity contribution >= 4 is 5.91 Å². The van der Waals surface area contributed by atoms with Crippen LogP contribution in [0.2, 0.25) is 0 Å². The molecule has 0 radical (unpaired) electrons. The van der Waals surface area contributed by atoms with Crippen LogP contribution in [0.15, 0.2) is 59.1 Å². The maximum absolute atomic E-state index is 12.0. The zero-order chi connectivity index (χ0) is 18.4. The first kappa shape index (κ1) is 17.5. The summed E-state index contributed by atoms with van der Waals surface area (Å²) in [6, 6.07) is 17.1. The molecule has 26 heavy (non-hydrogen) atoms. The van der Waals surface area contributed by atoms with Gasteiger partial charge in [0, 0.05) is 12.6 Å². The Hall–Kier alpha value is -3.28. The molecule has 6 heteroatoms. The van der Waals surface area contributed by atoms with Gasteiger partial charge in [-0.25, -0.2) is 0 Å². The fourth-order valence-corrected chi connectivity index (χ4v) is 2.42. The van der Waals surface area contributed by atoms with Crippen LogP contribution in [0.1, 0.15) is 27.4 Å². The Balaban J connectivity index is 1.61. The van der Waals surface area contributed by atoms with Gasteiger partial charge in [-0.1, -0.05) is 41.6 Å². The molecule has 0 spiro atoms. The number of methoxy groups -OCH3 is 1. The number of aryl methyl sites for hydroxylation is 1. The summed E-state index contributed by atoms with van der Waals surface area (Å²) in [5, 5.41) is 6.50. The van der Waals surface area contributed by atoms with Crippen molar-refractivity contribution < 1.29 is 18.8 Å². The molecule has 1 N–H and O–H groups in total. The fraction of sp³-hybridized carbons (Fsp3) is 0.200. The minimum atomic E-state index is -0.287. The molecule has 0 aliphatic carbocycles. The highest BCUT2D eigenvalue weighted by Gasteiger charge is 2.11. The maximum atomic E-state index is 12.0. The summed E-state index contributed by atoms with van der Waals surface area (Å²) in [5.74, 6) is 1.57. The van der Waals surface area contributed by atoms with Crippen molar-refractivity contribution in [3.05, 3.63) is 77.2 Å². The third-order valence-corrected chi connectivity index (χ3v) is 3.78. The summed E-state index contributed by atoms with van der Waals surface area (Å²) >= 11 is 0. The van der Waals surface area contributed by atoms with Gasteiger partial charge in [-0.05, 0) is 30.2 Å². The first-order valence-electron chi connectivity index (χ1n) is 8.21. The highest BCUT2D eigenvalue weighted by Crippen LogP contribution is 2.28. The van der Waals surface area contributed by atoms with Crippen LogP contribution in [-0.2, 0) is 13.2 Å². The third kappa shape index (κ3) is 4.42. The summed E-state index contributed by atoms with van der Waals surface area (Å²) in [6.45, 7) is 2.54. The molecule has 0 unspecified atom stereocenters. The molecular weight excluding hydrogens is 332 g/mol. The molecule has 3 rings (SSSR count). The van der Waals surface area contributed by atoms with Crippen LogP contribution in [0.4, 0.5) is 0 Å². The molecule has 0 saturated carbocycles. The van der Waals surface area contributed by atoms with Crippen molar-refractivity contribution in [3.63, 3.8) is 0 Å². The predicted octanol–water partition coefficient (Wildman–Crippen LogP) is 3.50. The lowest BCUT2D eigenvalue weighted by Crippen LogP contribution is -2.23. The standard InChI is InChI=1S/C20H20N2O4/c1-14-10-17(22-26-14)20(23)21-12-16-8-9-18(19(11-16)24-2)25-13-15-6-4-3-5-7-15/h3-11H,12-13H2,1-2H3,(H,21,23). The van der Waals surface area contributed by atoms with Crippen LogP contribution < -0.4 is 14.8 Å². The fourth-order valence-electron chi connectivity index (χ4n) is 2.42. The molecule has 2 aromatic carbocycles. The van der Waals surface area contributed by atoms with Crippen molar-refractivity contribution in [2.24, 2.45) is 0 Å². The van der Waals surface area contributed by atoms with Crippen LogP contribution >= 0.6 is 0 Å². The monoisotopic (exact) mass is 352 g/mol. The highest BCUT2D eigenvalue weighted by atomic mass is 16.5. The van der Waals surface area contributed by atoms with Gasteiger partial charge < -0.3 is 19.3 Å². The second kappa shape index (κ2) is 8.20. The molecule has 0 aliphatic rings. The summed E-state index contributed by atoms with van der Waals surface area (Å²) in [7, 11) is 1.59. The van der Waals surface area contributed by atoms with E-state index in [1.807, 2.05) is 48.5 Å². The summed E-state index contributed by atoms with van der Waals surface area (Å²) in [6.07, 6.45) is 0. The SMILES string of the molecule is COc1cc(CNC(=O)c2cc(C)on2)ccc1OCc1ccccc1. The number of hydrogen-bond acceptors (Lipinski definition) is 5. The molecule has 1 aromatic heterocycles. The summed E-state index contributed by atoms with van der Waals surface area (Å²) in [5.41, 5.74) is 2.23. The average Bonchev–Trinajstić information content (AvgIpc) is 3.12. The lowest BCUT2D eigenvalue weighted by Gasteiger charge is -2.12. The van der Waals surface area contributed by atoms with E-state index in [2.05, 4.69) is 10.5 Å². The number of nitrogens with one attached hydrogen (secondary N) is 1. The van der Waals surface area contributed by atoms with E-state index in [4.69, 9.17) is 14.0 Å². The zero-order valence-corrected chi connectivity index (χ0v) is 14.7. The molecule has 0 aliphatic heterocycles. The Morgan fingerprint density at radius 1 is 1.08 bits per heavy atom. The lowest BCUT2D eigenvalue weighted by molar-refractivity contribution is 0.0941. The number of ether oxygens (including phenoxy) is 2. The van der Waals surface area contributed by atoms with Crippen molar-refractivity contribution in [2.45, 2.75) is 20.1 Å². The molecule has 134 valence electrons. The first-order valence-corrected chi connectivity index (χ1v) is 8.21. The van der Waals surface area contributed by atoms with Gasteiger partial charge in [-0.2, -0.15) is 0 Å². The quantitative estimate of drug-likeness (QED) is 0.704. The Labute approximate surface area is 151 Å². The van der Waals surface area contributed by atoms with E-state index in [0.29, 0.717) is 30.4 Å². The second-order valence-corrected chi connectivity index (χ2v) is 5.76. The van der Waals surface area contributed by atoms with E-state index in [1.165, 1.54) is 0 Å². The third-order valence-electron chi connectivity index (χ3n) is 3.78. The minimum Gasteiger partial charge on any atom is -0.493 e. The normalized spacial score (nSPS) is 10.4. The number of benzene rings is 2. The number of rotatable bonds is 7. The first-order chi connectivity index (χ1) is 12.7. The molecule has 0 atom stereocenters. The van der Waals surface area contributed by atoms with Crippen LogP contribution in [0.25, 0.3) is 0 Å². The van der Waals surface area contributed by atoms with Crippen LogP contribution in [0.3, 0.4) is 0 Å². The molecule has 6 nitrogen and oxygen atoms in total. The molecule has 0 bridgehead atoms. The predicted molar refractivity (Wildman–Crippen MR) is 96.2 cm³/mol. The van der Waals surface area contributed by atoms with Crippen LogP contribution in [0.5, 0.6) is 11.5 Å². The van der Waals surface area contributed by atoms with Crippen molar-refractivity contribution in [1.29, 1.82) is 0 Å². The second-order valence-electron chi connectivity index (χ2n) is 5.76. The summed E-state index contributed by atoms with van der Waals surface area (Å²) in [4.78, 5) is 12.0. The zero-order valence-electron chi connectivity index (χ0n) is 14.7. The van der Waals surface area contributed by atoms with E-state index >= 15 is 0 Å². The number of amides is 1. The smallest absolute Gasteiger partial charge is 0.273 e. The molecular formula is C20H20N2O4. The number of aromatic nitrogens is 1. The summed E-state index contributed by atoms with van der Waals surface area (Å²) < 4.78 is 16.1. The number of carbonyl (C=O) groups is 1. The van der Waals surface area contributed by atoms with Crippen molar-refractivity contribution in [1.82, 2.24) is 10.5 Å². The molecule has 0 saturated heterocycles. The van der Waals surface area contributed by atoms with Crippen molar-refractivity contribution in [2.75, 3.05) is 7.11 Å². The van der Waals surface area contributed by atoms with E-state index in [-0.39, 0.29) is 11.6 Å². The molecule has 1 heterocycles. The van der Waals surface area contributed by atoms with Gasteiger partial charge in [-0.3, -0.25) is 4.79 Å². The van der Waals surface area contributed by atoms with Crippen LogP contribution in [-0.4, -0.2) is 18.2 Å². The highest BCUT2D eigenvalue weighted by molar-refractivity contribution is 5.92. The lowest BCUT2D eigenvalue weighted by atomic mass is 10.2. The Bertz CT molecular complexity index is 875. The van der Waals surface area contributed by atoms with Gasteiger partial charge in [0.25, 0.3) is 5.91 Å². The van der Waals surface area contributed by atoms with Gasteiger partial charge >= 0.3 is 0 Å². The minimum absolute atomic E-state index is 0.261. The van der Waals surface area contributed by atoms with E-state index in [0.717, 1.165) is 11.1 Å². The Morgan fingerprint density at radius 2 is 1.88 bits per heavy atom. The van der Waals surface area contributed by atoms with E-state index < -0.39 is 0 Å². The topological polar surface area (TPSA) is 73.6 Å². The van der Waals surface area contributed by atoms with Gasteiger partial charge in [0.1, 0.15) is 12.4 Å². The number of nitrogens with zero attached hydrogens (tertiary/aromatic N) is 1. The van der Waals surface area contributed by atoms with Crippen molar-refractivity contribution in [3.8, 4) is 11.5 Å². The largest absolute Gasteiger partial charge is 0.493 e. The number of hydrogen-bond donors (Lipinski definition) is 1. The molecule has 0 fully saturated rings. The maximum Gasteiger partial charge on any atom is 0.273 e. The Kier molecular flexibility index (Phi) is 5.53. The van der Waals surface area contributed by atoms with Gasteiger partial charge in [0.05, 0.1) is 7.11 Å². The van der Waals surface area contributed by atoms with Gasteiger partial charge in [-0.15, -0.1) is 0 Å². The average molecular weight is 352 g/mol. The number of carbonyl (C=O) groups excluding carboxylic acids is 1. The van der Waals surface area contributed by atoms with Gasteiger partial charge in [0.2, 0.25) is 0 Å². The molecule has 3 aromatic rings.